The van der Waals surface area contributed by atoms with Crippen LogP contribution in [-0.4, -0.2) is 39.8 Å². The van der Waals surface area contributed by atoms with Crippen molar-refractivity contribution in [1.82, 2.24) is 14.5 Å². The van der Waals surface area contributed by atoms with Crippen molar-refractivity contribution in [3.05, 3.63) is 53.3 Å². The Morgan fingerprint density at radius 2 is 1.97 bits per heavy atom. The average Bonchev–Trinajstić information content (AvgIpc) is 3.13. The molecule has 3 aromatic rings. The second-order valence-corrected chi connectivity index (χ2v) is 7.27. The van der Waals surface area contributed by atoms with E-state index in [1.54, 1.807) is 24.4 Å². The molecular formula is C21H20FN7. The van der Waals surface area contributed by atoms with E-state index in [9.17, 15) is 9.65 Å². The minimum Gasteiger partial charge on any atom is -0.340 e. The van der Waals surface area contributed by atoms with Crippen LogP contribution >= 0.6 is 0 Å². The molecule has 1 aliphatic rings. The fourth-order valence-electron chi connectivity index (χ4n) is 3.75. The number of alkyl halides is 1. The maximum Gasteiger partial charge on any atom is 0.207 e. The molecule has 0 bridgehead atoms. The molecule has 29 heavy (non-hydrogen) atoms. The Morgan fingerprint density at radius 3 is 2.62 bits per heavy atom. The van der Waals surface area contributed by atoms with E-state index in [4.69, 9.17) is 16.0 Å². The predicted molar refractivity (Wildman–Crippen MR) is 107 cm³/mol. The molecule has 7 nitrogen and oxygen atoms in total. The van der Waals surface area contributed by atoms with Gasteiger partial charge in [0.1, 0.15) is 12.2 Å². The van der Waals surface area contributed by atoms with Crippen LogP contribution < -0.4 is 10.6 Å². The van der Waals surface area contributed by atoms with Gasteiger partial charge < -0.3 is 15.2 Å². The lowest BCUT2D eigenvalue weighted by atomic mass is 10.1. The van der Waals surface area contributed by atoms with E-state index < -0.39 is 12.2 Å². The van der Waals surface area contributed by atoms with Gasteiger partial charge in [0.05, 0.1) is 46.0 Å². The molecule has 8 heteroatoms. The van der Waals surface area contributed by atoms with Crippen molar-refractivity contribution in [3.8, 4) is 12.1 Å². The summed E-state index contributed by atoms with van der Waals surface area (Å²) in [5.41, 5.74) is 9.31. The number of hydrogen-bond acceptors (Lipinski definition) is 6. The molecule has 0 spiro atoms. The maximum absolute atomic E-state index is 13.9. The topological polar surface area (TPSA) is 108 Å². The Bertz CT molecular complexity index is 1120. The summed E-state index contributed by atoms with van der Waals surface area (Å²) in [5, 5.41) is 18.3. The number of benzene rings is 1. The molecular weight excluding hydrogens is 369 g/mol. The largest absolute Gasteiger partial charge is 0.340 e. The van der Waals surface area contributed by atoms with E-state index in [1.165, 1.54) is 0 Å². The number of aromatic nitrogens is 3. The monoisotopic (exact) mass is 389 g/mol. The van der Waals surface area contributed by atoms with E-state index >= 15 is 0 Å². The van der Waals surface area contributed by atoms with Crippen LogP contribution in [0.2, 0.25) is 0 Å². The van der Waals surface area contributed by atoms with Crippen LogP contribution in [0.3, 0.4) is 0 Å². The third kappa shape index (κ3) is 3.39. The molecule has 4 rings (SSSR count). The summed E-state index contributed by atoms with van der Waals surface area (Å²) in [4.78, 5) is 11.2. The van der Waals surface area contributed by atoms with Crippen molar-refractivity contribution in [2.24, 2.45) is 5.73 Å². The molecule has 0 amide bonds. The van der Waals surface area contributed by atoms with Gasteiger partial charge >= 0.3 is 0 Å². The summed E-state index contributed by atoms with van der Waals surface area (Å²) in [7, 11) is 0. The minimum atomic E-state index is -1.02. The summed E-state index contributed by atoms with van der Waals surface area (Å²) in [5.74, 6) is 0.677. The molecule has 1 saturated heterocycles. The molecule has 1 aromatic carbocycles. The highest BCUT2D eigenvalue weighted by atomic mass is 19.1. The van der Waals surface area contributed by atoms with Gasteiger partial charge in [0, 0.05) is 19.3 Å². The smallest absolute Gasteiger partial charge is 0.207 e. The first kappa shape index (κ1) is 18.9. The number of nitriles is 2. The van der Waals surface area contributed by atoms with Crippen LogP contribution in [0.25, 0.3) is 11.0 Å². The molecule has 0 saturated carbocycles. The van der Waals surface area contributed by atoms with Crippen molar-refractivity contribution in [3.63, 3.8) is 0 Å². The first-order valence-electron chi connectivity index (χ1n) is 9.44. The van der Waals surface area contributed by atoms with Gasteiger partial charge in [-0.3, -0.25) is 4.98 Å². The zero-order valence-corrected chi connectivity index (χ0v) is 16.0. The molecule has 0 radical (unpaired) electrons. The molecule has 1 unspecified atom stereocenters. The highest BCUT2D eigenvalue weighted by Gasteiger charge is 2.30. The van der Waals surface area contributed by atoms with Crippen LogP contribution in [0, 0.1) is 22.7 Å². The van der Waals surface area contributed by atoms with Crippen LogP contribution in [0.5, 0.6) is 0 Å². The molecule has 3 heterocycles. The maximum atomic E-state index is 13.9. The molecule has 1 fully saturated rings. The Kier molecular flexibility index (Phi) is 4.87. The van der Waals surface area contributed by atoms with Crippen LogP contribution in [0.15, 0.2) is 36.5 Å². The minimum absolute atomic E-state index is 0.185. The molecule has 146 valence electrons. The van der Waals surface area contributed by atoms with Gasteiger partial charge in [-0.05, 0) is 43.7 Å². The molecule has 2 N–H and O–H groups in total. The second kappa shape index (κ2) is 7.50. The number of imidazole rings is 1. The summed E-state index contributed by atoms with van der Waals surface area (Å²) in [6, 6.07) is 12.4. The highest BCUT2D eigenvalue weighted by molar-refractivity contribution is 5.81. The first-order valence-corrected chi connectivity index (χ1v) is 9.44. The predicted octanol–water partition coefficient (Wildman–Crippen LogP) is 2.66. The van der Waals surface area contributed by atoms with E-state index in [1.807, 2.05) is 28.5 Å². The Morgan fingerprint density at radius 1 is 1.21 bits per heavy atom. The van der Waals surface area contributed by atoms with E-state index in [0.717, 1.165) is 11.2 Å². The zero-order chi connectivity index (χ0) is 20.5. The molecule has 3 atom stereocenters. The van der Waals surface area contributed by atoms with Crippen molar-refractivity contribution >= 4 is 17.0 Å². The second-order valence-electron chi connectivity index (χ2n) is 7.27. The number of rotatable bonds is 3. The van der Waals surface area contributed by atoms with Gasteiger partial charge in [0.25, 0.3) is 0 Å². The van der Waals surface area contributed by atoms with Gasteiger partial charge in [0.2, 0.25) is 5.95 Å². The quantitative estimate of drug-likeness (QED) is 0.738. The van der Waals surface area contributed by atoms with Crippen molar-refractivity contribution in [2.45, 2.75) is 31.6 Å². The normalized spacial score (nSPS) is 20.2. The number of nitrogens with zero attached hydrogens (tertiary/aromatic N) is 6. The van der Waals surface area contributed by atoms with Gasteiger partial charge in [0.15, 0.2) is 0 Å². The van der Waals surface area contributed by atoms with Gasteiger partial charge in [-0.25, -0.2) is 9.37 Å². The fraction of sp³-hybridized carbons (Fsp3) is 0.333. The summed E-state index contributed by atoms with van der Waals surface area (Å²) < 4.78 is 16.0. The summed E-state index contributed by atoms with van der Waals surface area (Å²) >= 11 is 0. The third-order valence-electron chi connectivity index (χ3n) is 5.38. The van der Waals surface area contributed by atoms with E-state index in [2.05, 4.69) is 17.1 Å². The number of anilines is 1. The number of fused-ring (bicyclic) bond motifs is 1. The van der Waals surface area contributed by atoms with Crippen LogP contribution in [-0.2, 0) is 0 Å². The lowest BCUT2D eigenvalue weighted by Gasteiger charge is -2.34. The standard InChI is InChI=1S/C21H20FN7/c1-13(18-4-2-15(10-24)11-26-18)29-20-5-3-14(9-23)8-19(20)27-21(29)28-7-6-16(22)17(25)12-28/h2-5,8,11,13,16-17H,6-7,12,25H2,1H3/t13?,16-,17-/m1/s1. The lowest BCUT2D eigenvalue weighted by molar-refractivity contribution is 0.243. The Hall–Kier alpha value is -3.49. The number of hydrogen-bond donors (Lipinski definition) is 1. The third-order valence-corrected chi connectivity index (χ3v) is 5.38. The SMILES string of the molecule is CC(c1ccc(C#N)cn1)n1c(N2CC[C@@H](F)[C@H](N)C2)nc2cc(C#N)ccc21. The van der Waals surface area contributed by atoms with Gasteiger partial charge in [-0.2, -0.15) is 10.5 Å². The van der Waals surface area contributed by atoms with Crippen molar-refractivity contribution in [1.29, 1.82) is 10.5 Å². The lowest BCUT2D eigenvalue weighted by Crippen LogP contribution is -2.50. The molecule has 2 aromatic heterocycles. The highest BCUT2D eigenvalue weighted by Crippen LogP contribution is 2.32. The Labute approximate surface area is 167 Å². The van der Waals surface area contributed by atoms with E-state index in [0.29, 0.717) is 42.1 Å². The van der Waals surface area contributed by atoms with Crippen LogP contribution in [0.1, 0.15) is 36.2 Å². The Balaban J connectivity index is 1.83. The first-order chi connectivity index (χ1) is 14.0. The van der Waals surface area contributed by atoms with Gasteiger partial charge in [-0.15, -0.1) is 0 Å². The van der Waals surface area contributed by atoms with Gasteiger partial charge in [-0.1, -0.05) is 0 Å². The van der Waals surface area contributed by atoms with E-state index in [-0.39, 0.29) is 6.04 Å². The average molecular weight is 389 g/mol. The zero-order valence-electron chi connectivity index (χ0n) is 16.0. The fourth-order valence-corrected chi connectivity index (χ4v) is 3.75. The number of piperidine rings is 1. The molecule has 0 aliphatic carbocycles. The number of halogens is 1. The van der Waals surface area contributed by atoms with Crippen molar-refractivity contribution < 1.29 is 4.39 Å². The summed E-state index contributed by atoms with van der Waals surface area (Å²) in [6.07, 6.45) is 0.868. The van der Waals surface area contributed by atoms with Crippen molar-refractivity contribution in [2.75, 3.05) is 18.0 Å². The summed E-state index contributed by atoms with van der Waals surface area (Å²) in [6.45, 7) is 2.87. The number of nitrogens with two attached hydrogens (primary N) is 1. The number of pyridine rings is 1. The molecule has 1 aliphatic heterocycles. The van der Waals surface area contributed by atoms with Crippen LogP contribution in [0.4, 0.5) is 10.3 Å².